The molecule has 1 amide bonds. The molecule has 2 nitrogen and oxygen atoms in total. The first-order valence-electron chi connectivity index (χ1n) is 5.93. The molecule has 0 radical (unpaired) electrons. The number of nitrogens with one attached hydrogen (secondary N) is 1. The van der Waals surface area contributed by atoms with E-state index in [1.807, 2.05) is 12.1 Å². The lowest BCUT2D eigenvalue weighted by Gasteiger charge is -2.10. The summed E-state index contributed by atoms with van der Waals surface area (Å²) in [6.07, 6.45) is 0. The van der Waals surface area contributed by atoms with Gasteiger partial charge in [0, 0.05) is 16.6 Å². The van der Waals surface area contributed by atoms with E-state index >= 15 is 0 Å². The Hall–Kier alpha value is -1.20. The van der Waals surface area contributed by atoms with Gasteiger partial charge in [-0.05, 0) is 58.2 Å². The number of aryl methyl sites for hydroxylation is 1. The maximum absolute atomic E-state index is 13.3. The molecule has 0 unspecified atom stereocenters. The molecule has 0 saturated carbocycles. The molecule has 0 aliphatic carbocycles. The molecule has 0 atom stereocenters. The molecule has 1 N–H and O–H groups in total. The lowest BCUT2D eigenvalue weighted by molar-refractivity contribution is 0.102. The molecule has 5 heteroatoms. The van der Waals surface area contributed by atoms with E-state index in [9.17, 15) is 9.18 Å². The average Bonchev–Trinajstić information content (AvgIpc) is 2.44. The standard InChI is InChI=1S/C15H12Br2FNO/c1-9-6-13(18)12(17)7-14(9)19-15(20)11-4-2-10(8-16)3-5-11/h2-7H,8H2,1H3,(H,19,20). The highest BCUT2D eigenvalue weighted by Gasteiger charge is 2.10. The summed E-state index contributed by atoms with van der Waals surface area (Å²) in [5, 5.41) is 3.53. The highest BCUT2D eigenvalue weighted by atomic mass is 79.9. The van der Waals surface area contributed by atoms with Crippen LogP contribution in [0.3, 0.4) is 0 Å². The third-order valence-electron chi connectivity index (χ3n) is 2.89. The molecule has 104 valence electrons. The van der Waals surface area contributed by atoms with E-state index in [-0.39, 0.29) is 11.7 Å². The molecule has 0 fully saturated rings. The minimum atomic E-state index is -0.345. The first-order chi connectivity index (χ1) is 9.51. The summed E-state index contributed by atoms with van der Waals surface area (Å²) in [5.41, 5.74) is 2.93. The fraction of sp³-hybridized carbons (Fsp3) is 0.133. The zero-order valence-electron chi connectivity index (χ0n) is 10.7. The SMILES string of the molecule is Cc1cc(F)c(Br)cc1NC(=O)c1ccc(CBr)cc1. The van der Waals surface area contributed by atoms with E-state index in [1.54, 1.807) is 25.1 Å². The smallest absolute Gasteiger partial charge is 0.255 e. The number of alkyl halides is 1. The summed E-state index contributed by atoms with van der Waals surface area (Å²) < 4.78 is 13.7. The van der Waals surface area contributed by atoms with Crippen LogP contribution in [0, 0.1) is 12.7 Å². The number of amides is 1. The monoisotopic (exact) mass is 399 g/mol. The number of hydrogen-bond acceptors (Lipinski definition) is 1. The summed E-state index contributed by atoms with van der Waals surface area (Å²) >= 11 is 6.47. The normalized spacial score (nSPS) is 10.4. The van der Waals surface area contributed by atoms with Gasteiger partial charge in [-0.2, -0.15) is 0 Å². The van der Waals surface area contributed by atoms with E-state index in [0.717, 1.165) is 10.9 Å². The Morgan fingerprint density at radius 1 is 1.25 bits per heavy atom. The van der Waals surface area contributed by atoms with Gasteiger partial charge < -0.3 is 5.32 Å². The van der Waals surface area contributed by atoms with Gasteiger partial charge in [-0.15, -0.1) is 0 Å². The number of rotatable bonds is 3. The van der Waals surface area contributed by atoms with Crippen molar-refractivity contribution >= 4 is 43.5 Å². The number of anilines is 1. The van der Waals surface area contributed by atoms with E-state index in [2.05, 4.69) is 37.2 Å². The van der Waals surface area contributed by atoms with Crippen LogP contribution in [0.1, 0.15) is 21.5 Å². The quantitative estimate of drug-likeness (QED) is 0.718. The first kappa shape index (κ1) is 15.2. The second kappa shape index (κ2) is 6.50. The Morgan fingerprint density at radius 3 is 2.50 bits per heavy atom. The van der Waals surface area contributed by atoms with Crippen LogP contribution >= 0.6 is 31.9 Å². The number of carbonyl (C=O) groups is 1. The van der Waals surface area contributed by atoms with Crippen molar-refractivity contribution in [2.45, 2.75) is 12.3 Å². The van der Waals surface area contributed by atoms with Gasteiger partial charge in [0.15, 0.2) is 0 Å². The predicted octanol–water partition coefficient (Wildman–Crippen LogP) is 5.04. The molecule has 20 heavy (non-hydrogen) atoms. The van der Waals surface area contributed by atoms with E-state index in [1.165, 1.54) is 6.07 Å². The van der Waals surface area contributed by atoms with Crippen molar-refractivity contribution < 1.29 is 9.18 Å². The van der Waals surface area contributed by atoms with Crippen LogP contribution in [0.5, 0.6) is 0 Å². The van der Waals surface area contributed by atoms with Gasteiger partial charge in [-0.1, -0.05) is 28.1 Å². The van der Waals surface area contributed by atoms with Crippen molar-refractivity contribution in [3.63, 3.8) is 0 Å². The van der Waals surface area contributed by atoms with Gasteiger partial charge in [0.25, 0.3) is 5.91 Å². The zero-order chi connectivity index (χ0) is 14.7. The number of carbonyl (C=O) groups excluding carboxylic acids is 1. The summed E-state index contributed by atoms with van der Waals surface area (Å²) in [4.78, 5) is 12.1. The van der Waals surface area contributed by atoms with Crippen LogP contribution in [0.4, 0.5) is 10.1 Å². The number of hydrogen-bond donors (Lipinski definition) is 1. The Morgan fingerprint density at radius 2 is 1.90 bits per heavy atom. The average molecular weight is 401 g/mol. The fourth-order valence-corrected chi connectivity index (χ4v) is 2.44. The molecule has 0 heterocycles. The number of halogens is 3. The molecule has 0 bridgehead atoms. The number of benzene rings is 2. The zero-order valence-corrected chi connectivity index (χ0v) is 13.9. The highest BCUT2D eigenvalue weighted by Crippen LogP contribution is 2.24. The van der Waals surface area contributed by atoms with E-state index in [4.69, 9.17) is 0 Å². The predicted molar refractivity (Wildman–Crippen MR) is 85.9 cm³/mol. The lowest BCUT2D eigenvalue weighted by atomic mass is 10.1. The van der Waals surface area contributed by atoms with Crippen molar-refractivity contribution in [2.75, 3.05) is 5.32 Å². The van der Waals surface area contributed by atoms with Crippen molar-refractivity contribution in [3.05, 3.63) is 63.4 Å². The Kier molecular flexibility index (Phi) is 4.94. The van der Waals surface area contributed by atoms with Crippen LogP contribution < -0.4 is 5.32 Å². The molecule has 0 spiro atoms. The van der Waals surface area contributed by atoms with Gasteiger partial charge in [0.2, 0.25) is 0 Å². The maximum atomic E-state index is 13.3. The van der Waals surface area contributed by atoms with Gasteiger partial charge in [-0.25, -0.2) is 4.39 Å². The van der Waals surface area contributed by atoms with Gasteiger partial charge >= 0.3 is 0 Å². The Bertz CT molecular complexity index is 641. The largest absolute Gasteiger partial charge is 0.322 e. The van der Waals surface area contributed by atoms with Crippen LogP contribution in [0.2, 0.25) is 0 Å². The maximum Gasteiger partial charge on any atom is 0.255 e. The van der Waals surface area contributed by atoms with Crippen molar-refractivity contribution in [2.24, 2.45) is 0 Å². The molecule has 0 saturated heterocycles. The van der Waals surface area contributed by atoms with Gasteiger partial charge in [0.1, 0.15) is 5.82 Å². The molecule has 0 aliphatic heterocycles. The molecular weight excluding hydrogens is 389 g/mol. The summed E-state index contributed by atoms with van der Waals surface area (Å²) in [7, 11) is 0. The molecule has 2 rings (SSSR count). The third-order valence-corrected chi connectivity index (χ3v) is 4.14. The molecule has 0 aromatic heterocycles. The second-order valence-corrected chi connectivity index (χ2v) is 5.78. The minimum absolute atomic E-state index is 0.215. The topological polar surface area (TPSA) is 29.1 Å². The molecular formula is C15H12Br2FNO. The molecule has 2 aromatic rings. The van der Waals surface area contributed by atoms with Gasteiger partial charge in [0.05, 0.1) is 4.47 Å². The fourth-order valence-electron chi connectivity index (χ4n) is 1.72. The van der Waals surface area contributed by atoms with Crippen LogP contribution in [0.15, 0.2) is 40.9 Å². The van der Waals surface area contributed by atoms with Gasteiger partial charge in [-0.3, -0.25) is 4.79 Å². The summed E-state index contributed by atoms with van der Waals surface area (Å²) in [6.45, 7) is 1.75. The lowest BCUT2D eigenvalue weighted by Crippen LogP contribution is -2.13. The van der Waals surface area contributed by atoms with E-state index < -0.39 is 0 Å². The van der Waals surface area contributed by atoms with Crippen molar-refractivity contribution in [1.29, 1.82) is 0 Å². The summed E-state index contributed by atoms with van der Waals surface area (Å²) in [6, 6.07) is 10.2. The summed E-state index contributed by atoms with van der Waals surface area (Å²) in [5.74, 6) is -0.560. The van der Waals surface area contributed by atoms with Crippen LogP contribution in [0.25, 0.3) is 0 Å². The van der Waals surface area contributed by atoms with Crippen LogP contribution in [-0.4, -0.2) is 5.91 Å². The first-order valence-corrected chi connectivity index (χ1v) is 7.84. The van der Waals surface area contributed by atoms with Crippen molar-refractivity contribution in [1.82, 2.24) is 0 Å². The Labute approximate surface area is 133 Å². The molecule has 0 aliphatic rings. The Balaban J connectivity index is 2.20. The minimum Gasteiger partial charge on any atom is -0.322 e. The van der Waals surface area contributed by atoms with Crippen LogP contribution in [-0.2, 0) is 5.33 Å². The van der Waals surface area contributed by atoms with E-state index in [0.29, 0.717) is 21.3 Å². The van der Waals surface area contributed by atoms with Crippen molar-refractivity contribution in [3.8, 4) is 0 Å². The third kappa shape index (κ3) is 3.46. The second-order valence-electron chi connectivity index (χ2n) is 4.37. The highest BCUT2D eigenvalue weighted by molar-refractivity contribution is 9.10. The molecule has 2 aromatic carbocycles.